The Balaban J connectivity index is 1.38. The Bertz CT molecular complexity index is 2200. The van der Waals surface area contributed by atoms with E-state index in [-0.39, 0.29) is 29.2 Å². The molecule has 0 unspecified atom stereocenters. The molecule has 230 valence electrons. The number of rotatable bonds is 8. The van der Waals surface area contributed by atoms with Crippen LogP contribution in [0.5, 0.6) is 17.2 Å². The van der Waals surface area contributed by atoms with E-state index in [9.17, 15) is 14.9 Å². The number of aryl methyl sites for hydroxylation is 1. The summed E-state index contributed by atoms with van der Waals surface area (Å²) in [6, 6.07) is 27.9. The highest BCUT2D eigenvalue weighted by Gasteiger charge is 2.33. The van der Waals surface area contributed by atoms with Crippen LogP contribution in [0.2, 0.25) is 0 Å². The molecule has 0 saturated carbocycles. The molecule has 1 aliphatic carbocycles. The van der Waals surface area contributed by atoms with E-state index in [4.69, 9.17) is 19.2 Å². The summed E-state index contributed by atoms with van der Waals surface area (Å²) in [5.74, 6) is 1.25. The van der Waals surface area contributed by atoms with Crippen LogP contribution < -0.4 is 29.1 Å². The molecular weight excluding hydrogens is 602 g/mol. The van der Waals surface area contributed by atoms with Crippen LogP contribution in [0.25, 0.3) is 11.8 Å². The molecule has 5 aromatic rings. The Morgan fingerprint density at radius 3 is 2.54 bits per heavy atom. The van der Waals surface area contributed by atoms with Gasteiger partial charge in [0.1, 0.15) is 12.4 Å². The van der Waals surface area contributed by atoms with Gasteiger partial charge in [0, 0.05) is 5.56 Å². The number of allylic oxidation sites excluding steroid dienone is 1. The van der Waals surface area contributed by atoms with Crippen molar-refractivity contribution in [3.63, 3.8) is 0 Å². The molecule has 1 aromatic heterocycles. The molecule has 0 radical (unpaired) electrons. The molecule has 1 aliphatic heterocycles. The number of nitrogens with zero attached hydrogens (tertiary/aromatic N) is 3. The van der Waals surface area contributed by atoms with Crippen LogP contribution in [-0.4, -0.2) is 23.7 Å². The van der Waals surface area contributed by atoms with Crippen molar-refractivity contribution < 1.29 is 19.1 Å². The van der Waals surface area contributed by atoms with Gasteiger partial charge in [-0.1, -0.05) is 78.1 Å². The minimum atomic E-state index is -0.480. The maximum Gasteiger partial charge on any atom is 0.280 e. The topological polar surface area (TPSA) is 105 Å². The Morgan fingerprint density at radius 1 is 0.957 bits per heavy atom. The lowest BCUT2D eigenvalue weighted by atomic mass is 9.83. The van der Waals surface area contributed by atoms with E-state index in [1.165, 1.54) is 36.1 Å². The number of methoxy groups -OCH3 is 2. The van der Waals surface area contributed by atoms with Crippen LogP contribution >= 0.6 is 11.3 Å². The standard InChI is InChI=1S/C36H29N3O6S/c1-43-26-13-8-12-24(17-26)34-28-16-15-23-11-6-7-14-27(23)33(28)37-36-38(34)35(40)32(46-36)19-25-18-30(44-2)31(20-29(25)39(41)42)45-21-22-9-4-3-5-10-22/h3-14,17-20,34H,15-16,21H2,1-2H3/b32-19+/t34-/m1/s1. The largest absolute Gasteiger partial charge is 0.497 e. The van der Waals surface area contributed by atoms with Gasteiger partial charge in [-0.25, -0.2) is 4.99 Å². The van der Waals surface area contributed by atoms with Crippen molar-refractivity contribution in [2.24, 2.45) is 4.99 Å². The lowest BCUT2D eigenvalue weighted by Gasteiger charge is -2.31. The number of thiazole rings is 1. The van der Waals surface area contributed by atoms with Crippen molar-refractivity contribution in [1.29, 1.82) is 0 Å². The Hall–Kier alpha value is -5.48. The van der Waals surface area contributed by atoms with Crippen LogP contribution in [0.4, 0.5) is 5.69 Å². The van der Waals surface area contributed by atoms with E-state index in [1.807, 2.05) is 66.7 Å². The Kier molecular flexibility index (Phi) is 7.71. The molecule has 2 aliphatic rings. The molecule has 9 nitrogen and oxygen atoms in total. The molecule has 7 rings (SSSR count). The molecule has 0 bridgehead atoms. The first-order valence-corrected chi connectivity index (χ1v) is 15.6. The summed E-state index contributed by atoms with van der Waals surface area (Å²) in [5.41, 5.74) is 5.76. The van der Waals surface area contributed by atoms with Gasteiger partial charge in [0.2, 0.25) is 0 Å². The predicted octanol–water partition coefficient (Wildman–Crippen LogP) is 5.82. The minimum absolute atomic E-state index is 0.202. The second kappa shape index (κ2) is 12.1. The van der Waals surface area contributed by atoms with Crippen molar-refractivity contribution in [2.45, 2.75) is 25.5 Å². The highest BCUT2D eigenvalue weighted by molar-refractivity contribution is 7.07. The van der Waals surface area contributed by atoms with Crippen molar-refractivity contribution >= 4 is 28.8 Å². The molecular formula is C36H29N3O6S. The number of nitro groups is 1. The van der Waals surface area contributed by atoms with Gasteiger partial charge in [0.25, 0.3) is 11.2 Å². The number of ether oxygens (including phenoxy) is 3. The van der Waals surface area contributed by atoms with E-state index in [0.29, 0.717) is 20.8 Å². The van der Waals surface area contributed by atoms with Crippen molar-refractivity contribution in [1.82, 2.24) is 4.57 Å². The summed E-state index contributed by atoms with van der Waals surface area (Å²) in [6.45, 7) is 0.213. The van der Waals surface area contributed by atoms with Crippen LogP contribution in [0.1, 0.15) is 40.3 Å². The van der Waals surface area contributed by atoms with Gasteiger partial charge in [0.05, 0.1) is 47.0 Å². The van der Waals surface area contributed by atoms with Crippen molar-refractivity contribution in [3.8, 4) is 17.2 Å². The fourth-order valence-electron chi connectivity index (χ4n) is 6.12. The first kappa shape index (κ1) is 29.2. The molecule has 0 fully saturated rings. The van der Waals surface area contributed by atoms with E-state index < -0.39 is 11.0 Å². The molecule has 46 heavy (non-hydrogen) atoms. The summed E-state index contributed by atoms with van der Waals surface area (Å²) in [6.07, 6.45) is 3.12. The molecule has 4 aromatic carbocycles. The average molecular weight is 632 g/mol. The van der Waals surface area contributed by atoms with Crippen LogP contribution in [0, 0.1) is 10.1 Å². The molecule has 0 saturated heterocycles. The monoisotopic (exact) mass is 631 g/mol. The third kappa shape index (κ3) is 5.26. The number of hydrogen-bond donors (Lipinski definition) is 0. The lowest BCUT2D eigenvalue weighted by Crippen LogP contribution is -2.38. The fourth-order valence-corrected chi connectivity index (χ4v) is 7.11. The smallest absolute Gasteiger partial charge is 0.280 e. The fraction of sp³-hybridized carbons (Fsp3) is 0.167. The second-order valence-electron chi connectivity index (χ2n) is 11.0. The summed E-state index contributed by atoms with van der Waals surface area (Å²) >= 11 is 1.21. The quantitative estimate of drug-likeness (QED) is 0.158. The highest BCUT2D eigenvalue weighted by Crippen LogP contribution is 2.42. The highest BCUT2D eigenvalue weighted by atomic mass is 32.1. The van der Waals surface area contributed by atoms with Crippen LogP contribution in [0.15, 0.2) is 106 Å². The zero-order valence-corrected chi connectivity index (χ0v) is 26.0. The maximum atomic E-state index is 14.2. The average Bonchev–Trinajstić information content (AvgIpc) is 3.40. The third-order valence-corrected chi connectivity index (χ3v) is 9.30. The minimum Gasteiger partial charge on any atom is -0.497 e. The van der Waals surface area contributed by atoms with Gasteiger partial charge < -0.3 is 14.2 Å². The lowest BCUT2D eigenvalue weighted by molar-refractivity contribution is -0.385. The van der Waals surface area contributed by atoms with Crippen LogP contribution in [-0.2, 0) is 13.0 Å². The second-order valence-corrected chi connectivity index (χ2v) is 12.0. The summed E-state index contributed by atoms with van der Waals surface area (Å²) in [7, 11) is 3.09. The number of hydrogen-bond acceptors (Lipinski definition) is 8. The molecule has 10 heteroatoms. The molecule has 0 amide bonds. The number of fused-ring (bicyclic) bond motifs is 3. The van der Waals surface area contributed by atoms with E-state index in [2.05, 4.69) is 12.1 Å². The molecule has 0 N–H and O–H groups in total. The van der Waals surface area contributed by atoms with E-state index in [1.54, 1.807) is 17.8 Å². The zero-order valence-electron chi connectivity index (χ0n) is 25.1. The first-order chi connectivity index (χ1) is 22.4. The van der Waals surface area contributed by atoms with Gasteiger partial charge in [-0.05, 0) is 59.4 Å². The normalized spacial score (nSPS) is 15.3. The van der Waals surface area contributed by atoms with Crippen molar-refractivity contribution in [3.05, 3.63) is 154 Å². The van der Waals surface area contributed by atoms with E-state index >= 15 is 0 Å². The molecule has 2 heterocycles. The number of benzene rings is 4. The summed E-state index contributed by atoms with van der Waals surface area (Å²) in [4.78, 5) is 31.6. The van der Waals surface area contributed by atoms with Gasteiger partial charge in [-0.2, -0.15) is 0 Å². The Labute approximate surface area is 268 Å². The predicted molar refractivity (Wildman–Crippen MR) is 176 cm³/mol. The summed E-state index contributed by atoms with van der Waals surface area (Å²) in [5, 5.41) is 12.3. The molecule has 0 spiro atoms. The van der Waals surface area contributed by atoms with Gasteiger partial charge >= 0.3 is 0 Å². The first-order valence-electron chi connectivity index (χ1n) is 14.8. The van der Waals surface area contributed by atoms with Gasteiger partial charge in [0.15, 0.2) is 16.3 Å². The van der Waals surface area contributed by atoms with Gasteiger partial charge in [-0.15, -0.1) is 0 Å². The maximum absolute atomic E-state index is 14.2. The third-order valence-electron chi connectivity index (χ3n) is 8.32. The number of aromatic nitrogens is 1. The van der Waals surface area contributed by atoms with Crippen LogP contribution in [0.3, 0.4) is 0 Å². The van der Waals surface area contributed by atoms with Crippen molar-refractivity contribution in [2.75, 3.05) is 14.2 Å². The summed E-state index contributed by atoms with van der Waals surface area (Å²) < 4.78 is 19.1. The zero-order chi connectivity index (χ0) is 31.8. The Morgan fingerprint density at radius 2 is 1.76 bits per heavy atom. The van der Waals surface area contributed by atoms with Gasteiger partial charge in [-0.3, -0.25) is 19.5 Å². The number of nitro benzene ring substituents is 1. The molecule has 1 atom stereocenters. The SMILES string of the molecule is COc1cccc([C@@H]2C3=C(N=c4s/c(=C/c5cc(OC)c(OCc6ccccc6)cc5[N+](=O)[O-])c(=O)n42)c2ccccc2CC3)c1. The van der Waals surface area contributed by atoms with E-state index in [0.717, 1.165) is 40.8 Å².